The van der Waals surface area contributed by atoms with Crippen LogP contribution in [0.25, 0.3) is 0 Å². The Hall–Kier alpha value is -0.560. The highest BCUT2D eigenvalue weighted by molar-refractivity contribution is 5.28. The molecule has 1 aliphatic heterocycles. The van der Waals surface area contributed by atoms with E-state index in [1.54, 1.807) is 0 Å². The first kappa shape index (κ1) is 9.01. The van der Waals surface area contributed by atoms with Gasteiger partial charge in [-0.05, 0) is 37.3 Å². The summed E-state index contributed by atoms with van der Waals surface area (Å²) in [6.45, 7) is 3.48. The summed E-state index contributed by atoms with van der Waals surface area (Å²) < 4.78 is 0. The summed E-state index contributed by atoms with van der Waals surface area (Å²) in [5, 5.41) is 3.58. The molecule has 0 spiro atoms. The highest BCUT2D eigenvalue weighted by atomic mass is 14.9. The third-order valence-electron chi connectivity index (χ3n) is 3.06. The van der Waals surface area contributed by atoms with Crippen molar-refractivity contribution in [2.24, 2.45) is 5.92 Å². The van der Waals surface area contributed by atoms with Crippen LogP contribution in [0.4, 0.5) is 0 Å². The van der Waals surface area contributed by atoms with E-state index < -0.39 is 0 Å². The van der Waals surface area contributed by atoms with Crippen LogP contribution in [-0.4, -0.2) is 12.6 Å². The molecule has 2 rings (SSSR count). The SMILES string of the molecule is CC1C=CC(C2CCCCN2)=CC1. The van der Waals surface area contributed by atoms with E-state index in [1.807, 2.05) is 0 Å². The summed E-state index contributed by atoms with van der Waals surface area (Å²) in [5.74, 6) is 0.743. The Kier molecular flexibility index (Phi) is 2.84. The van der Waals surface area contributed by atoms with Gasteiger partial charge in [-0.3, -0.25) is 0 Å². The van der Waals surface area contributed by atoms with Crippen molar-refractivity contribution in [1.29, 1.82) is 0 Å². The molecule has 0 bridgehead atoms. The van der Waals surface area contributed by atoms with Gasteiger partial charge in [-0.25, -0.2) is 0 Å². The van der Waals surface area contributed by atoms with Crippen LogP contribution in [0.2, 0.25) is 0 Å². The molecule has 1 fully saturated rings. The Bertz CT molecular complexity index is 221. The van der Waals surface area contributed by atoms with Gasteiger partial charge in [0.25, 0.3) is 0 Å². The van der Waals surface area contributed by atoms with Gasteiger partial charge in [0, 0.05) is 6.04 Å². The zero-order valence-corrected chi connectivity index (χ0v) is 8.42. The van der Waals surface area contributed by atoms with Gasteiger partial charge in [0.05, 0.1) is 0 Å². The van der Waals surface area contributed by atoms with Crippen molar-refractivity contribution >= 4 is 0 Å². The van der Waals surface area contributed by atoms with E-state index in [4.69, 9.17) is 0 Å². The number of nitrogens with one attached hydrogen (secondary N) is 1. The van der Waals surface area contributed by atoms with E-state index in [0.29, 0.717) is 6.04 Å². The lowest BCUT2D eigenvalue weighted by Crippen LogP contribution is -2.35. The average Bonchev–Trinajstić information content (AvgIpc) is 2.20. The van der Waals surface area contributed by atoms with Gasteiger partial charge in [-0.1, -0.05) is 31.6 Å². The van der Waals surface area contributed by atoms with Gasteiger partial charge in [-0.15, -0.1) is 0 Å². The largest absolute Gasteiger partial charge is 0.310 e. The summed E-state index contributed by atoms with van der Waals surface area (Å²) >= 11 is 0. The maximum Gasteiger partial charge on any atom is 0.0316 e. The second-order valence-corrected chi connectivity index (χ2v) is 4.28. The molecule has 0 aromatic carbocycles. The molecule has 13 heavy (non-hydrogen) atoms. The molecule has 1 heterocycles. The van der Waals surface area contributed by atoms with Crippen LogP contribution in [0.1, 0.15) is 32.6 Å². The topological polar surface area (TPSA) is 12.0 Å². The van der Waals surface area contributed by atoms with Crippen LogP contribution in [-0.2, 0) is 0 Å². The van der Waals surface area contributed by atoms with Crippen molar-refractivity contribution in [3.8, 4) is 0 Å². The molecule has 1 N–H and O–H groups in total. The van der Waals surface area contributed by atoms with E-state index in [0.717, 1.165) is 5.92 Å². The van der Waals surface area contributed by atoms with E-state index in [2.05, 4.69) is 30.5 Å². The lowest BCUT2D eigenvalue weighted by Gasteiger charge is -2.26. The predicted octanol–water partition coefficient (Wildman–Crippen LogP) is 2.65. The zero-order valence-electron chi connectivity index (χ0n) is 8.42. The molecule has 2 unspecified atom stereocenters. The summed E-state index contributed by atoms with van der Waals surface area (Å²) in [7, 11) is 0. The first-order valence-electron chi connectivity index (χ1n) is 5.48. The van der Waals surface area contributed by atoms with Crippen LogP contribution < -0.4 is 5.32 Å². The first-order valence-corrected chi connectivity index (χ1v) is 5.48. The third kappa shape index (κ3) is 2.22. The minimum Gasteiger partial charge on any atom is -0.310 e. The Morgan fingerprint density at radius 2 is 2.31 bits per heavy atom. The number of allylic oxidation sites excluding steroid dienone is 2. The van der Waals surface area contributed by atoms with Crippen LogP contribution in [0.5, 0.6) is 0 Å². The quantitative estimate of drug-likeness (QED) is 0.649. The molecule has 72 valence electrons. The maximum absolute atomic E-state index is 3.58. The molecule has 0 aromatic rings. The highest BCUT2D eigenvalue weighted by Gasteiger charge is 2.16. The molecule has 1 saturated heterocycles. The third-order valence-corrected chi connectivity index (χ3v) is 3.06. The molecular formula is C12H19N. The zero-order chi connectivity index (χ0) is 9.10. The molecule has 0 radical (unpaired) electrons. The Morgan fingerprint density at radius 3 is 2.92 bits per heavy atom. The molecule has 1 nitrogen and oxygen atoms in total. The van der Waals surface area contributed by atoms with Crippen LogP contribution in [0.3, 0.4) is 0 Å². The van der Waals surface area contributed by atoms with Crippen LogP contribution >= 0.6 is 0 Å². The average molecular weight is 177 g/mol. The lowest BCUT2D eigenvalue weighted by atomic mass is 9.90. The Morgan fingerprint density at radius 1 is 1.38 bits per heavy atom. The summed E-state index contributed by atoms with van der Waals surface area (Å²) in [4.78, 5) is 0. The van der Waals surface area contributed by atoms with Crippen molar-refractivity contribution in [1.82, 2.24) is 5.32 Å². The molecule has 0 saturated carbocycles. The predicted molar refractivity (Wildman–Crippen MR) is 56.6 cm³/mol. The van der Waals surface area contributed by atoms with Gasteiger partial charge in [0.2, 0.25) is 0 Å². The van der Waals surface area contributed by atoms with Crippen molar-refractivity contribution < 1.29 is 0 Å². The van der Waals surface area contributed by atoms with E-state index in [-0.39, 0.29) is 0 Å². The minimum atomic E-state index is 0.650. The fourth-order valence-electron chi connectivity index (χ4n) is 2.14. The lowest BCUT2D eigenvalue weighted by molar-refractivity contribution is 0.442. The number of hydrogen-bond acceptors (Lipinski definition) is 1. The number of piperidine rings is 1. The summed E-state index contributed by atoms with van der Waals surface area (Å²) in [5.41, 5.74) is 1.53. The van der Waals surface area contributed by atoms with Gasteiger partial charge in [0.1, 0.15) is 0 Å². The second kappa shape index (κ2) is 4.10. The van der Waals surface area contributed by atoms with Crippen molar-refractivity contribution in [3.05, 3.63) is 23.8 Å². The second-order valence-electron chi connectivity index (χ2n) is 4.28. The monoisotopic (exact) mass is 177 g/mol. The Labute approximate surface area is 80.9 Å². The van der Waals surface area contributed by atoms with Crippen molar-refractivity contribution in [3.63, 3.8) is 0 Å². The molecule has 0 amide bonds. The highest BCUT2D eigenvalue weighted by Crippen LogP contribution is 2.22. The van der Waals surface area contributed by atoms with E-state index in [1.165, 1.54) is 37.8 Å². The van der Waals surface area contributed by atoms with Gasteiger partial charge in [-0.2, -0.15) is 0 Å². The summed E-state index contributed by atoms with van der Waals surface area (Å²) in [6, 6.07) is 0.650. The van der Waals surface area contributed by atoms with E-state index >= 15 is 0 Å². The molecule has 1 aliphatic carbocycles. The normalized spacial score (nSPS) is 34.4. The minimum absolute atomic E-state index is 0.650. The molecule has 2 atom stereocenters. The van der Waals surface area contributed by atoms with Crippen molar-refractivity contribution in [2.75, 3.05) is 6.54 Å². The van der Waals surface area contributed by atoms with Gasteiger partial charge >= 0.3 is 0 Å². The van der Waals surface area contributed by atoms with E-state index in [9.17, 15) is 0 Å². The fourth-order valence-corrected chi connectivity index (χ4v) is 2.14. The molecular weight excluding hydrogens is 158 g/mol. The van der Waals surface area contributed by atoms with Crippen LogP contribution in [0, 0.1) is 5.92 Å². The molecule has 2 aliphatic rings. The Balaban J connectivity index is 1.96. The van der Waals surface area contributed by atoms with Gasteiger partial charge < -0.3 is 5.32 Å². The maximum atomic E-state index is 3.58. The molecule has 0 aromatic heterocycles. The smallest absolute Gasteiger partial charge is 0.0316 e. The fraction of sp³-hybridized carbons (Fsp3) is 0.667. The summed E-state index contributed by atoms with van der Waals surface area (Å²) in [6.07, 6.45) is 12.4. The van der Waals surface area contributed by atoms with Gasteiger partial charge in [0.15, 0.2) is 0 Å². The van der Waals surface area contributed by atoms with Crippen LogP contribution in [0.15, 0.2) is 23.8 Å². The first-order chi connectivity index (χ1) is 6.36. The molecule has 1 heteroatoms. The standard InChI is InChI=1S/C12H19N/c1-10-5-7-11(8-6-10)12-4-2-3-9-13-12/h5,7-8,10,12-13H,2-4,6,9H2,1H3. The van der Waals surface area contributed by atoms with Crippen molar-refractivity contribution in [2.45, 2.75) is 38.6 Å². The number of hydrogen-bond donors (Lipinski definition) is 1. The number of rotatable bonds is 1.